The summed E-state index contributed by atoms with van der Waals surface area (Å²) in [6.07, 6.45) is 0. The number of hydrogen-bond acceptors (Lipinski definition) is 2. The van der Waals surface area contributed by atoms with Crippen molar-refractivity contribution < 1.29 is 4.79 Å². The molecule has 1 rings (SSSR count). The van der Waals surface area contributed by atoms with Crippen LogP contribution in [0.3, 0.4) is 0 Å². The van der Waals surface area contributed by atoms with Crippen LogP contribution < -0.4 is 10.6 Å². The highest BCUT2D eigenvalue weighted by Crippen LogP contribution is 2.14. The first-order valence-corrected chi connectivity index (χ1v) is 5.21. The average molecular weight is 263 g/mol. The number of halogens is 2. The van der Waals surface area contributed by atoms with Gasteiger partial charge < -0.3 is 10.6 Å². The van der Waals surface area contributed by atoms with Gasteiger partial charge in [-0.3, -0.25) is 4.79 Å². The molecule has 0 bridgehead atoms. The summed E-state index contributed by atoms with van der Waals surface area (Å²) in [6.45, 7) is 2.41. The van der Waals surface area contributed by atoms with Crippen LogP contribution in [0.25, 0.3) is 0 Å². The van der Waals surface area contributed by atoms with E-state index >= 15 is 0 Å². The Bertz CT molecular complexity index is 345. The maximum absolute atomic E-state index is 11.2. The predicted octanol–water partition coefficient (Wildman–Crippen LogP) is 1.99. The van der Waals surface area contributed by atoms with E-state index in [1.54, 1.807) is 7.05 Å². The highest BCUT2D eigenvalue weighted by Gasteiger charge is 2.09. The Morgan fingerprint density at radius 1 is 1.44 bits per heavy atom. The van der Waals surface area contributed by atoms with Crippen LogP contribution in [0.1, 0.15) is 12.5 Å². The molecule has 0 radical (unpaired) electrons. The fraction of sp³-hybridized carbons (Fsp3) is 0.364. The molecular formula is C11H16Cl2N2O. The largest absolute Gasteiger partial charge is 0.358 e. The van der Waals surface area contributed by atoms with Crippen molar-refractivity contribution in [1.29, 1.82) is 0 Å². The number of rotatable bonds is 4. The van der Waals surface area contributed by atoms with Gasteiger partial charge in [0.15, 0.2) is 0 Å². The topological polar surface area (TPSA) is 41.1 Å². The standard InChI is InChI=1S/C11H15ClN2O.ClH/c1-8(11(15)13-2)14-7-9-5-3-4-6-10(9)12;/h3-6,8,14H,7H2,1-2H3,(H,13,15);1H/t8-;/m1./s1. The van der Waals surface area contributed by atoms with Crippen molar-refractivity contribution in [2.24, 2.45) is 0 Å². The second-order valence-corrected chi connectivity index (χ2v) is 3.72. The first kappa shape index (κ1) is 15.2. The highest BCUT2D eigenvalue weighted by molar-refractivity contribution is 6.31. The number of hydrogen-bond donors (Lipinski definition) is 2. The van der Waals surface area contributed by atoms with E-state index in [-0.39, 0.29) is 24.4 Å². The van der Waals surface area contributed by atoms with E-state index in [1.807, 2.05) is 31.2 Å². The van der Waals surface area contributed by atoms with Crippen LogP contribution in [0, 0.1) is 0 Å². The van der Waals surface area contributed by atoms with Gasteiger partial charge in [0.2, 0.25) is 5.91 Å². The molecule has 1 atom stereocenters. The Morgan fingerprint density at radius 2 is 2.06 bits per heavy atom. The number of benzene rings is 1. The quantitative estimate of drug-likeness (QED) is 0.872. The molecule has 1 amide bonds. The minimum absolute atomic E-state index is 0. The molecule has 0 aliphatic rings. The lowest BCUT2D eigenvalue weighted by Gasteiger charge is -2.12. The minimum atomic E-state index is -0.216. The van der Waals surface area contributed by atoms with Crippen molar-refractivity contribution >= 4 is 29.9 Å². The molecule has 1 aromatic carbocycles. The van der Waals surface area contributed by atoms with E-state index in [9.17, 15) is 4.79 Å². The number of likely N-dealkylation sites (N-methyl/N-ethyl adjacent to an activating group) is 1. The summed E-state index contributed by atoms with van der Waals surface area (Å²) in [5.74, 6) is -0.0259. The maximum Gasteiger partial charge on any atom is 0.236 e. The Kier molecular flexibility index (Phi) is 7.13. The summed E-state index contributed by atoms with van der Waals surface area (Å²) in [4.78, 5) is 11.2. The normalized spacial score (nSPS) is 11.4. The van der Waals surface area contributed by atoms with Gasteiger partial charge >= 0.3 is 0 Å². The first-order chi connectivity index (χ1) is 7.15. The molecule has 1 aromatic rings. The third-order valence-electron chi connectivity index (χ3n) is 2.20. The molecule has 0 aromatic heterocycles. The summed E-state index contributed by atoms with van der Waals surface area (Å²) in [7, 11) is 1.62. The van der Waals surface area contributed by atoms with Crippen LogP contribution in [0.2, 0.25) is 5.02 Å². The van der Waals surface area contributed by atoms with Crippen molar-refractivity contribution in [3.8, 4) is 0 Å². The van der Waals surface area contributed by atoms with E-state index in [0.717, 1.165) is 5.56 Å². The van der Waals surface area contributed by atoms with Gasteiger partial charge in [0, 0.05) is 18.6 Å². The molecule has 0 saturated carbocycles. The molecule has 0 aliphatic heterocycles. The molecule has 3 nitrogen and oxygen atoms in total. The van der Waals surface area contributed by atoms with E-state index in [1.165, 1.54) is 0 Å². The van der Waals surface area contributed by atoms with Crippen molar-refractivity contribution in [2.45, 2.75) is 19.5 Å². The molecule has 0 fully saturated rings. The van der Waals surface area contributed by atoms with E-state index in [2.05, 4.69) is 10.6 Å². The lowest BCUT2D eigenvalue weighted by molar-refractivity contribution is -0.122. The molecular weight excluding hydrogens is 247 g/mol. The van der Waals surface area contributed by atoms with Crippen LogP contribution in [0.4, 0.5) is 0 Å². The summed E-state index contributed by atoms with van der Waals surface area (Å²) in [5, 5.41) is 6.39. The molecule has 2 N–H and O–H groups in total. The zero-order valence-electron chi connectivity index (χ0n) is 9.29. The summed E-state index contributed by atoms with van der Waals surface area (Å²) in [6, 6.07) is 7.36. The minimum Gasteiger partial charge on any atom is -0.358 e. The van der Waals surface area contributed by atoms with Gasteiger partial charge in [0.25, 0.3) is 0 Å². The second-order valence-electron chi connectivity index (χ2n) is 3.31. The van der Waals surface area contributed by atoms with Crippen molar-refractivity contribution in [3.63, 3.8) is 0 Å². The summed E-state index contributed by atoms with van der Waals surface area (Å²) < 4.78 is 0. The van der Waals surface area contributed by atoms with Crippen molar-refractivity contribution in [2.75, 3.05) is 7.05 Å². The van der Waals surface area contributed by atoms with Gasteiger partial charge in [0.05, 0.1) is 6.04 Å². The molecule has 0 unspecified atom stereocenters. The third-order valence-corrected chi connectivity index (χ3v) is 2.56. The summed E-state index contributed by atoms with van der Waals surface area (Å²) >= 11 is 5.98. The second kappa shape index (κ2) is 7.49. The van der Waals surface area contributed by atoms with Gasteiger partial charge in [-0.15, -0.1) is 12.4 Å². The van der Waals surface area contributed by atoms with E-state index < -0.39 is 0 Å². The number of amides is 1. The summed E-state index contributed by atoms with van der Waals surface area (Å²) in [5.41, 5.74) is 0.995. The average Bonchev–Trinajstić information content (AvgIpc) is 2.26. The lowest BCUT2D eigenvalue weighted by Crippen LogP contribution is -2.40. The van der Waals surface area contributed by atoms with E-state index in [4.69, 9.17) is 11.6 Å². The van der Waals surface area contributed by atoms with Crippen LogP contribution >= 0.6 is 24.0 Å². The Labute approximate surface area is 107 Å². The lowest BCUT2D eigenvalue weighted by atomic mass is 10.2. The van der Waals surface area contributed by atoms with Crippen LogP contribution in [-0.2, 0) is 11.3 Å². The van der Waals surface area contributed by atoms with E-state index in [0.29, 0.717) is 11.6 Å². The fourth-order valence-electron chi connectivity index (χ4n) is 1.21. The predicted molar refractivity (Wildman–Crippen MR) is 69.1 cm³/mol. The Morgan fingerprint density at radius 3 is 2.62 bits per heavy atom. The highest BCUT2D eigenvalue weighted by atomic mass is 35.5. The molecule has 0 aliphatic carbocycles. The molecule has 0 heterocycles. The number of carbonyl (C=O) groups excluding carboxylic acids is 1. The fourth-order valence-corrected chi connectivity index (χ4v) is 1.42. The first-order valence-electron chi connectivity index (χ1n) is 4.83. The number of nitrogens with one attached hydrogen (secondary N) is 2. The molecule has 16 heavy (non-hydrogen) atoms. The zero-order valence-corrected chi connectivity index (χ0v) is 10.9. The number of carbonyl (C=O) groups is 1. The monoisotopic (exact) mass is 262 g/mol. The Hall–Kier alpha value is -0.770. The van der Waals surface area contributed by atoms with Gasteiger partial charge in [0.1, 0.15) is 0 Å². The van der Waals surface area contributed by atoms with Gasteiger partial charge in [-0.1, -0.05) is 29.8 Å². The van der Waals surface area contributed by atoms with Gasteiger partial charge in [-0.2, -0.15) is 0 Å². The molecule has 90 valence electrons. The van der Waals surface area contributed by atoms with Crippen molar-refractivity contribution in [1.82, 2.24) is 10.6 Å². The van der Waals surface area contributed by atoms with Gasteiger partial charge in [-0.05, 0) is 18.6 Å². The third kappa shape index (κ3) is 4.39. The smallest absolute Gasteiger partial charge is 0.236 e. The van der Waals surface area contributed by atoms with Crippen LogP contribution in [0.15, 0.2) is 24.3 Å². The SMILES string of the molecule is CNC(=O)[C@@H](C)NCc1ccccc1Cl.Cl. The van der Waals surface area contributed by atoms with Gasteiger partial charge in [-0.25, -0.2) is 0 Å². The van der Waals surface area contributed by atoms with Crippen molar-refractivity contribution in [3.05, 3.63) is 34.9 Å². The van der Waals surface area contributed by atoms with Crippen LogP contribution in [0.5, 0.6) is 0 Å². The molecule has 5 heteroatoms. The maximum atomic E-state index is 11.2. The Balaban J connectivity index is 0.00000225. The molecule has 0 saturated heterocycles. The van der Waals surface area contributed by atoms with Crippen LogP contribution in [-0.4, -0.2) is 19.0 Å². The molecule has 0 spiro atoms. The zero-order chi connectivity index (χ0) is 11.3.